The molecule has 0 amide bonds. The number of hydrogen-bond donors (Lipinski definition) is 1. The van der Waals surface area contributed by atoms with E-state index >= 15 is 0 Å². The topological polar surface area (TPSA) is 55.0 Å². The van der Waals surface area contributed by atoms with Gasteiger partial charge < -0.3 is 10.6 Å². The van der Waals surface area contributed by atoms with Gasteiger partial charge in [-0.1, -0.05) is 19.1 Å². The average molecular weight is 244 g/mol. The van der Waals surface area contributed by atoms with Crippen LogP contribution in [0.5, 0.6) is 0 Å². The Hall–Kier alpha value is -0.750. The standard InChI is InChI=1S/C9H16N4S2/c1-4-13(5-6(2)8(10)14)9-11-7(3)12-15-9/h6H,4-5H2,1-3H3,(H2,10,14). The first-order valence-electron chi connectivity index (χ1n) is 4.89. The van der Waals surface area contributed by atoms with Gasteiger partial charge in [0.25, 0.3) is 0 Å². The third-order valence-corrected chi connectivity index (χ3v) is 3.42. The lowest BCUT2D eigenvalue weighted by Crippen LogP contribution is -2.33. The van der Waals surface area contributed by atoms with Crippen molar-refractivity contribution in [1.82, 2.24) is 9.36 Å². The molecule has 0 saturated heterocycles. The highest BCUT2D eigenvalue weighted by Gasteiger charge is 2.14. The molecule has 1 heterocycles. The van der Waals surface area contributed by atoms with E-state index in [1.54, 1.807) is 0 Å². The highest BCUT2D eigenvalue weighted by molar-refractivity contribution is 7.80. The molecule has 0 spiro atoms. The molecular formula is C9H16N4S2. The zero-order valence-corrected chi connectivity index (χ0v) is 10.9. The van der Waals surface area contributed by atoms with Crippen molar-refractivity contribution in [2.24, 2.45) is 11.7 Å². The fourth-order valence-corrected chi connectivity index (χ4v) is 2.00. The van der Waals surface area contributed by atoms with Crippen molar-refractivity contribution in [3.8, 4) is 0 Å². The van der Waals surface area contributed by atoms with Gasteiger partial charge in [-0.3, -0.25) is 0 Å². The number of nitrogens with zero attached hydrogens (tertiary/aromatic N) is 3. The number of aromatic nitrogens is 2. The Bertz CT molecular complexity index is 337. The summed E-state index contributed by atoms with van der Waals surface area (Å²) in [4.78, 5) is 7.04. The van der Waals surface area contributed by atoms with E-state index in [2.05, 4.69) is 21.2 Å². The summed E-state index contributed by atoms with van der Waals surface area (Å²) < 4.78 is 4.16. The zero-order chi connectivity index (χ0) is 11.4. The lowest BCUT2D eigenvalue weighted by atomic mass is 10.2. The molecule has 0 aliphatic heterocycles. The monoisotopic (exact) mass is 244 g/mol. The molecule has 0 saturated carbocycles. The number of rotatable bonds is 5. The minimum Gasteiger partial charge on any atom is -0.393 e. The van der Waals surface area contributed by atoms with Crippen molar-refractivity contribution < 1.29 is 0 Å². The van der Waals surface area contributed by atoms with Crippen LogP contribution in [0, 0.1) is 12.8 Å². The summed E-state index contributed by atoms with van der Waals surface area (Å²) in [5.74, 6) is 1.01. The van der Waals surface area contributed by atoms with E-state index in [1.807, 2.05) is 13.8 Å². The van der Waals surface area contributed by atoms with E-state index in [0.29, 0.717) is 4.99 Å². The normalized spacial score (nSPS) is 12.5. The molecule has 0 aromatic carbocycles. The first kappa shape index (κ1) is 12.3. The van der Waals surface area contributed by atoms with Crippen LogP contribution in [0.2, 0.25) is 0 Å². The molecule has 0 fully saturated rings. The van der Waals surface area contributed by atoms with Crippen molar-refractivity contribution in [2.75, 3.05) is 18.0 Å². The summed E-state index contributed by atoms with van der Waals surface area (Å²) in [5.41, 5.74) is 5.59. The number of thiocarbonyl (C=S) groups is 1. The molecule has 2 N–H and O–H groups in total. The van der Waals surface area contributed by atoms with Gasteiger partial charge in [0.2, 0.25) is 5.13 Å². The largest absolute Gasteiger partial charge is 0.393 e. The minimum absolute atomic E-state index is 0.198. The molecule has 84 valence electrons. The molecule has 1 atom stereocenters. The molecule has 1 rings (SSSR count). The van der Waals surface area contributed by atoms with Gasteiger partial charge in [0, 0.05) is 30.5 Å². The molecule has 0 aliphatic rings. The SMILES string of the molecule is CCN(CC(C)C(N)=S)c1nc(C)ns1. The summed E-state index contributed by atoms with van der Waals surface area (Å²) in [6, 6.07) is 0. The lowest BCUT2D eigenvalue weighted by Gasteiger charge is -2.22. The molecule has 15 heavy (non-hydrogen) atoms. The first-order chi connectivity index (χ1) is 7.04. The zero-order valence-electron chi connectivity index (χ0n) is 9.23. The van der Waals surface area contributed by atoms with E-state index in [-0.39, 0.29) is 5.92 Å². The first-order valence-corrected chi connectivity index (χ1v) is 6.07. The fraction of sp³-hybridized carbons (Fsp3) is 0.667. The van der Waals surface area contributed by atoms with E-state index < -0.39 is 0 Å². The maximum Gasteiger partial charge on any atom is 0.205 e. The van der Waals surface area contributed by atoms with Crippen molar-refractivity contribution in [1.29, 1.82) is 0 Å². The van der Waals surface area contributed by atoms with Crippen molar-refractivity contribution in [3.63, 3.8) is 0 Å². The van der Waals surface area contributed by atoms with Gasteiger partial charge >= 0.3 is 0 Å². The predicted molar refractivity (Wildman–Crippen MR) is 68.5 cm³/mol. The van der Waals surface area contributed by atoms with Crippen molar-refractivity contribution in [2.45, 2.75) is 20.8 Å². The van der Waals surface area contributed by atoms with Crippen LogP contribution in [0.1, 0.15) is 19.7 Å². The fourth-order valence-electron chi connectivity index (χ4n) is 1.18. The molecule has 6 heteroatoms. The van der Waals surface area contributed by atoms with Crippen LogP contribution in [0.4, 0.5) is 5.13 Å². The number of hydrogen-bond acceptors (Lipinski definition) is 5. The van der Waals surface area contributed by atoms with Crippen LogP contribution in [0.3, 0.4) is 0 Å². The Morgan fingerprint density at radius 1 is 1.67 bits per heavy atom. The van der Waals surface area contributed by atoms with Crippen LogP contribution in [-0.2, 0) is 0 Å². The smallest absolute Gasteiger partial charge is 0.205 e. The van der Waals surface area contributed by atoms with E-state index in [4.69, 9.17) is 18.0 Å². The quantitative estimate of drug-likeness (QED) is 0.797. The summed E-state index contributed by atoms with van der Waals surface area (Å²) >= 11 is 6.37. The lowest BCUT2D eigenvalue weighted by molar-refractivity contribution is 0.705. The molecule has 0 aliphatic carbocycles. The Morgan fingerprint density at radius 3 is 2.73 bits per heavy atom. The Labute approximate surface area is 99.7 Å². The third-order valence-electron chi connectivity index (χ3n) is 2.15. The summed E-state index contributed by atoms with van der Waals surface area (Å²) in [5, 5.41) is 0.943. The maximum atomic E-state index is 5.59. The number of nitrogens with two attached hydrogens (primary N) is 1. The van der Waals surface area contributed by atoms with Crippen LogP contribution in [-0.4, -0.2) is 27.4 Å². The highest BCUT2D eigenvalue weighted by Crippen LogP contribution is 2.17. The van der Waals surface area contributed by atoms with E-state index in [9.17, 15) is 0 Å². The van der Waals surface area contributed by atoms with Crippen LogP contribution >= 0.6 is 23.8 Å². The number of anilines is 1. The van der Waals surface area contributed by atoms with E-state index in [1.165, 1.54) is 11.5 Å². The predicted octanol–water partition coefficient (Wildman–Crippen LogP) is 1.60. The van der Waals surface area contributed by atoms with Gasteiger partial charge in [0.05, 0.1) is 4.99 Å². The summed E-state index contributed by atoms with van der Waals surface area (Å²) in [6.07, 6.45) is 0. The Balaban J connectivity index is 2.68. The maximum absolute atomic E-state index is 5.59. The average Bonchev–Trinajstić information content (AvgIpc) is 2.60. The van der Waals surface area contributed by atoms with Gasteiger partial charge in [-0.2, -0.15) is 4.37 Å². The second-order valence-corrected chi connectivity index (χ2v) is 4.67. The van der Waals surface area contributed by atoms with E-state index in [0.717, 1.165) is 24.0 Å². The van der Waals surface area contributed by atoms with Crippen molar-refractivity contribution >= 4 is 33.9 Å². The van der Waals surface area contributed by atoms with Gasteiger partial charge in [0.15, 0.2) is 0 Å². The molecular weight excluding hydrogens is 228 g/mol. The van der Waals surface area contributed by atoms with Crippen LogP contribution in [0.15, 0.2) is 0 Å². The molecule has 1 unspecified atom stereocenters. The van der Waals surface area contributed by atoms with Gasteiger partial charge in [-0.15, -0.1) is 0 Å². The second kappa shape index (κ2) is 5.37. The van der Waals surface area contributed by atoms with Crippen LogP contribution < -0.4 is 10.6 Å². The van der Waals surface area contributed by atoms with Gasteiger partial charge in [0.1, 0.15) is 5.82 Å². The molecule has 1 aromatic heterocycles. The Morgan fingerprint density at radius 2 is 2.33 bits per heavy atom. The summed E-state index contributed by atoms with van der Waals surface area (Å²) in [7, 11) is 0. The number of aryl methyl sites for hydroxylation is 1. The third kappa shape index (κ3) is 3.39. The molecule has 4 nitrogen and oxygen atoms in total. The van der Waals surface area contributed by atoms with Gasteiger partial charge in [-0.25, -0.2) is 4.98 Å². The van der Waals surface area contributed by atoms with Crippen LogP contribution in [0.25, 0.3) is 0 Å². The molecule has 1 aromatic rings. The van der Waals surface area contributed by atoms with Crippen molar-refractivity contribution in [3.05, 3.63) is 5.82 Å². The summed E-state index contributed by atoms with van der Waals surface area (Å²) in [6.45, 7) is 7.70. The Kier molecular flexibility index (Phi) is 4.41. The molecule has 0 radical (unpaired) electrons. The van der Waals surface area contributed by atoms with Gasteiger partial charge in [-0.05, 0) is 13.8 Å². The molecule has 0 bridgehead atoms. The second-order valence-electron chi connectivity index (χ2n) is 3.47. The highest BCUT2D eigenvalue weighted by atomic mass is 32.1. The minimum atomic E-state index is 0.198.